The molecule has 1 heterocycles. The molecule has 0 saturated carbocycles. The summed E-state index contributed by atoms with van der Waals surface area (Å²) in [5.74, 6) is -0.0756. The van der Waals surface area contributed by atoms with E-state index in [2.05, 4.69) is 5.32 Å². The number of carbonyl (C=O) groups excluding carboxylic acids is 1. The van der Waals surface area contributed by atoms with Crippen molar-refractivity contribution in [2.75, 3.05) is 0 Å². The number of hydrogen-bond acceptors (Lipinski definition) is 3. The Bertz CT molecular complexity index is 284. The lowest BCUT2D eigenvalue weighted by atomic mass is 10.2. The van der Waals surface area contributed by atoms with E-state index in [0.717, 1.165) is 4.88 Å². The van der Waals surface area contributed by atoms with Crippen LogP contribution < -0.4 is 11.1 Å². The minimum atomic E-state index is -0.391. The molecule has 1 unspecified atom stereocenters. The fraction of sp³-hybridized carbons (Fsp3) is 0.500. The molecule has 0 bridgehead atoms. The summed E-state index contributed by atoms with van der Waals surface area (Å²) in [7, 11) is 0. The number of rotatable bonds is 4. The molecule has 1 rings (SSSR count). The molecule has 14 heavy (non-hydrogen) atoms. The normalized spacial score (nSPS) is 14.8. The van der Waals surface area contributed by atoms with E-state index >= 15 is 0 Å². The molecule has 3 N–H and O–H groups in total. The first kappa shape index (κ1) is 11.2. The van der Waals surface area contributed by atoms with Crippen molar-refractivity contribution in [3.8, 4) is 0 Å². The van der Waals surface area contributed by atoms with Gasteiger partial charge in [0, 0.05) is 4.88 Å². The highest BCUT2D eigenvalue weighted by Gasteiger charge is 2.14. The number of nitrogens with two attached hydrogens (primary N) is 1. The molecular formula is C10H16N2OS. The molecule has 1 amide bonds. The number of nitrogens with one attached hydrogen (secondary N) is 1. The van der Waals surface area contributed by atoms with Crippen LogP contribution in [0.5, 0.6) is 0 Å². The first-order valence-corrected chi connectivity index (χ1v) is 5.62. The monoisotopic (exact) mass is 212 g/mol. The Labute approximate surface area is 88.3 Å². The SMILES string of the molecule is CC[C@@H](N)C(=O)NC(C)c1cccs1. The molecule has 1 aromatic heterocycles. The van der Waals surface area contributed by atoms with Crippen molar-refractivity contribution in [2.24, 2.45) is 5.73 Å². The number of thiophene rings is 1. The maximum atomic E-state index is 11.4. The summed E-state index contributed by atoms with van der Waals surface area (Å²) in [6.45, 7) is 3.87. The molecular weight excluding hydrogens is 196 g/mol. The second-order valence-electron chi connectivity index (χ2n) is 3.26. The molecule has 0 aliphatic heterocycles. The Morgan fingerprint density at radius 2 is 2.43 bits per heavy atom. The van der Waals surface area contributed by atoms with Crippen LogP contribution in [-0.2, 0) is 4.79 Å². The van der Waals surface area contributed by atoms with Gasteiger partial charge in [-0.2, -0.15) is 0 Å². The van der Waals surface area contributed by atoms with Crippen LogP contribution in [-0.4, -0.2) is 11.9 Å². The predicted octanol–water partition coefficient (Wildman–Crippen LogP) is 1.66. The Hall–Kier alpha value is -0.870. The fourth-order valence-electron chi connectivity index (χ4n) is 1.11. The van der Waals surface area contributed by atoms with Gasteiger partial charge in [0.2, 0.25) is 5.91 Å². The van der Waals surface area contributed by atoms with Crippen molar-refractivity contribution in [2.45, 2.75) is 32.4 Å². The smallest absolute Gasteiger partial charge is 0.237 e. The summed E-state index contributed by atoms with van der Waals surface area (Å²) in [6, 6.07) is 3.65. The molecule has 0 aromatic carbocycles. The van der Waals surface area contributed by atoms with E-state index in [1.807, 2.05) is 31.4 Å². The van der Waals surface area contributed by atoms with E-state index in [-0.39, 0.29) is 11.9 Å². The summed E-state index contributed by atoms with van der Waals surface area (Å²) < 4.78 is 0. The Morgan fingerprint density at radius 3 is 2.93 bits per heavy atom. The lowest BCUT2D eigenvalue weighted by Crippen LogP contribution is -2.40. The quantitative estimate of drug-likeness (QED) is 0.797. The Morgan fingerprint density at radius 1 is 1.71 bits per heavy atom. The maximum Gasteiger partial charge on any atom is 0.237 e. The van der Waals surface area contributed by atoms with Crippen LogP contribution in [0.15, 0.2) is 17.5 Å². The zero-order valence-electron chi connectivity index (χ0n) is 8.49. The van der Waals surface area contributed by atoms with Crippen LogP contribution in [0, 0.1) is 0 Å². The third-order valence-electron chi connectivity index (χ3n) is 2.11. The van der Waals surface area contributed by atoms with Crippen molar-refractivity contribution in [3.05, 3.63) is 22.4 Å². The highest BCUT2D eigenvalue weighted by atomic mass is 32.1. The van der Waals surface area contributed by atoms with Gasteiger partial charge in [0.15, 0.2) is 0 Å². The van der Waals surface area contributed by atoms with Crippen molar-refractivity contribution >= 4 is 17.2 Å². The van der Waals surface area contributed by atoms with E-state index in [1.54, 1.807) is 11.3 Å². The highest BCUT2D eigenvalue weighted by molar-refractivity contribution is 7.10. The van der Waals surface area contributed by atoms with Crippen molar-refractivity contribution in [1.29, 1.82) is 0 Å². The minimum absolute atomic E-state index is 0.0556. The Kier molecular flexibility index (Phi) is 4.10. The van der Waals surface area contributed by atoms with Gasteiger partial charge in [-0.3, -0.25) is 4.79 Å². The van der Waals surface area contributed by atoms with E-state index in [4.69, 9.17) is 5.73 Å². The number of hydrogen-bond donors (Lipinski definition) is 2. The van der Waals surface area contributed by atoms with E-state index in [9.17, 15) is 4.79 Å². The topological polar surface area (TPSA) is 55.1 Å². The van der Waals surface area contributed by atoms with Gasteiger partial charge in [-0.1, -0.05) is 13.0 Å². The van der Waals surface area contributed by atoms with E-state index in [1.165, 1.54) is 0 Å². The molecule has 3 nitrogen and oxygen atoms in total. The molecule has 0 saturated heterocycles. The van der Waals surface area contributed by atoms with E-state index in [0.29, 0.717) is 6.42 Å². The fourth-order valence-corrected chi connectivity index (χ4v) is 1.85. The largest absolute Gasteiger partial charge is 0.347 e. The predicted molar refractivity (Wildman–Crippen MR) is 59.1 cm³/mol. The number of carbonyl (C=O) groups is 1. The van der Waals surface area contributed by atoms with Gasteiger partial charge in [-0.25, -0.2) is 0 Å². The summed E-state index contributed by atoms with van der Waals surface area (Å²) in [5.41, 5.74) is 5.61. The van der Waals surface area contributed by atoms with Crippen LogP contribution in [0.3, 0.4) is 0 Å². The minimum Gasteiger partial charge on any atom is -0.347 e. The standard InChI is InChI=1S/C10H16N2OS/c1-3-8(11)10(13)12-7(2)9-5-4-6-14-9/h4-8H,3,11H2,1-2H3,(H,12,13)/t7?,8-/m1/s1. The second kappa shape index (κ2) is 5.12. The van der Waals surface area contributed by atoms with Crippen LogP contribution in [0.4, 0.5) is 0 Å². The molecule has 0 radical (unpaired) electrons. The average molecular weight is 212 g/mol. The lowest BCUT2D eigenvalue weighted by molar-refractivity contribution is -0.123. The van der Waals surface area contributed by atoms with Crippen LogP contribution in [0.2, 0.25) is 0 Å². The number of amides is 1. The summed E-state index contributed by atoms with van der Waals surface area (Å²) in [6.07, 6.45) is 0.670. The first-order valence-electron chi connectivity index (χ1n) is 4.74. The van der Waals surface area contributed by atoms with Gasteiger partial charge in [0.1, 0.15) is 0 Å². The molecule has 78 valence electrons. The first-order chi connectivity index (χ1) is 6.65. The van der Waals surface area contributed by atoms with Crippen molar-refractivity contribution < 1.29 is 4.79 Å². The molecule has 0 aliphatic rings. The molecule has 1 aromatic rings. The van der Waals surface area contributed by atoms with Gasteiger partial charge in [-0.15, -0.1) is 11.3 Å². The van der Waals surface area contributed by atoms with Crippen molar-refractivity contribution in [1.82, 2.24) is 5.32 Å². The van der Waals surface area contributed by atoms with E-state index < -0.39 is 6.04 Å². The van der Waals surface area contributed by atoms with Gasteiger partial charge in [0.25, 0.3) is 0 Å². The van der Waals surface area contributed by atoms with Crippen LogP contribution >= 0.6 is 11.3 Å². The molecule has 0 fully saturated rings. The van der Waals surface area contributed by atoms with Gasteiger partial charge < -0.3 is 11.1 Å². The molecule has 0 spiro atoms. The average Bonchev–Trinajstić information content (AvgIpc) is 2.69. The zero-order valence-corrected chi connectivity index (χ0v) is 9.30. The Balaban J connectivity index is 2.49. The summed E-state index contributed by atoms with van der Waals surface area (Å²) >= 11 is 1.64. The van der Waals surface area contributed by atoms with Crippen LogP contribution in [0.1, 0.15) is 31.2 Å². The van der Waals surface area contributed by atoms with Gasteiger partial charge in [0.05, 0.1) is 12.1 Å². The molecule has 0 aliphatic carbocycles. The lowest BCUT2D eigenvalue weighted by Gasteiger charge is -2.15. The van der Waals surface area contributed by atoms with Crippen LogP contribution in [0.25, 0.3) is 0 Å². The third-order valence-corrected chi connectivity index (χ3v) is 3.16. The maximum absolute atomic E-state index is 11.4. The highest BCUT2D eigenvalue weighted by Crippen LogP contribution is 2.17. The molecule has 2 atom stereocenters. The van der Waals surface area contributed by atoms with Gasteiger partial charge >= 0.3 is 0 Å². The third kappa shape index (κ3) is 2.82. The van der Waals surface area contributed by atoms with Gasteiger partial charge in [-0.05, 0) is 24.8 Å². The second-order valence-corrected chi connectivity index (χ2v) is 4.24. The molecule has 4 heteroatoms. The van der Waals surface area contributed by atoms with Crippen molar-refractivity contribution in [3.63, 3.8) is 0 Å². The zero-order chi connectivity index (χ0) is 10.6. The summed E-state index contributed by atoms with van der Waals surface area (Å²) in [4.78, 5) is 12.6. The summed E-state index contributed by atoms with van der Waals surface area (Å²) in [5, 5.41) is 4.88.